The van der Waals surface area contributed by atoms with Crippen molar-refractivity contribution in [2.45, 2.75) is 26.2 Å². The van der Waals surface area contributed by atoms with Crippen LogP contribution < -0.4 is 0 Å². The van der Waals surface area contributed by atoms with Crippen LogP contribution in [0.25, 0.3) is 0 Å². The smallest absolute Gasteiger partial charge is 0.118 e. The molecular formula is C11H13NOS. The van der Waals surface area contributed by atoms with E-state index in [1.807, 2.05) is 6.07 Å². The van der Waals surface area contributed by atoms with Crippen LogP contribution in [0.2, 0.25) is 0 Å². The number of isothiocyanates is 1. The third kappa shape index (κ3) is 2.95. The van der Waals surface area contributed by atoms with Gasteiger partial charge in [-0.25, -0.2) is 0 Å². The van der Waals surface area contributed by atoms with Gasteiger partial charge in [0.05, 0.1) is 10.8 Å². The zero-order valence-electron chi connectivity index (χ0n) is 8.16. The SMILES string of the molecule is CCCCc1cc(N=C=S)ccc1O. The van der Waals surface area contributed by atoms with Gasteiger partial charge in [-0.2, -0.15) is 4.99 Å². The zero-order valence-corrected chi connectivity index (χ0v) is 8.97. The molecule has 0 aliphatic rings. The van der Waals surface area contributed by atoms with Gasteiger partial charge in [-0.3, -0.25) is 0 Å². The molecule has 1 rings (SSSR count). The molecule has 0 bridgehead atoms. The molecule has 0 aromatic heterocycles. The third-order valence-corrected chi connectivity index (χ3v) is 2.13. The molecule has 1 N–H and O–H groups in total. The molecule has 0 fully saturated rings. The Balaban J connectivity index is 2.89. The van der Waals surface area contributed by atoms with Crippen molar-refractivity contribution in [2.24, 2.45) is 4.99 Å². The summed E-state index contributed by atoms with van der Waals surface area (Å²) >= 11 is 4.52. The minimum absolute atomic E-state index is 0.335. The van der Waals surface area contributed by atoms with Gasteiger partial charge in [-0.1, -0.05) is 13.3 Å². The number of aryl methyl sites for hydroxylation is 1. The van der Waals surface area contributed by atoms with E-state index >= 15 is 0 Å². The molecule has 0 saturated carbocycles. The molecule has 0 heterocycles. The van der Waals surface area contributed by atoms with Crippen LogP contribution in [0.3, 0.4) is 0 Å². The highest BCUT2D eigenvalue weighted by Crippen LogP contribution is 2.24. The van der Waals surface area contributed by atoms with Crippen molar-refractivity contribution in [3.05, 3.63) is 23.8 Å². The molecule has 0 spiro atoms. The molecule has 3 heteroatoms. The maximum Gasteiger partial charge on any atom is 0.118 e. The Morgan fingerprint density at radius 1 is 1.50 bits per heavy atom. The second-order valence-electron chi connectivity index (χ2n) is 3.12. The zero-order chi connectivity index (χ0) is 10.4. The summed E-state index contributed by atoms with van der Waals surface area (Å²) in [6.07, 6.45) is 3.06. The van der Waals surface area contributed by atoms with E-state index in [0.717, 1.165) is 30.5 Å². The minimum Gasteiger partial charge on any atom is -0.508 e. The molecule has 0 aliphatic heterocycles. The van der Waals surface area contributed by atoms with Crippen molar-refractivity contribution in [1.82, 2.24) is 0 Å². The lowest BCUT2D eigenvalue weighted by Gasteiger charge is -2.03. The minimum atomic E-state index is 0.335. The number of phenols is 1. The first-order chi connectivity index (χ1) is 6.77. The summed E-state index contributed by atoms with van der Waals surface area (Å²) < 4.78 is 0. The van der Waals surface area contributed by atoms with Gasteiger partial charge in [0.15, 0.2) is 0 Å². The van der Waals surface area contributed by atoms with Gasteiger partial charge in [-0.15, -0.1) is 0 Å². The Morgan fingerprint density at radius 2 is 2.29 bits per heavy atom. The molecule has 14 heavy (non-hydrogen) atoms. The molecule has 0 amide bonds. The number of nitrogens with zero attached hydrogens (tertiary/aromatic N) is 1. The normalized spacial score (nSPS) is 9.50. The van der Waals surface area contributed by atoms with Crippen LogP contribution in [-0.2, 0) is 6.42 Å². The summed E-state index contributed by atoms with van der Waals surface area (Å²) in [6.45, 7) is 2.12. The topological polar surface area (TPSA) is 32.6 Å². The van der Waals surface area contributed by atoms with E-state index in [0.29, 0.717) is 5.75 Å². The quantitative estimate of drug-likeness (QED) is 0.605. The molecule has 0 aliphatic carbocycles. The van der Waals surface area contributed by atoms with Crippen LogP contribution in [0.1, 0.15) is 25.3 Å². The van der Waals surface area contributed by atoms with Crippen molar-refractivity contribution >= 4 is 23.1 Å². The van der Waals surface area contributed by atoms with E-state index in [4.69, 9.17) is 0 Å². The van der Waals surface area contributed by atoms with Crippen molar-refractivity contribution in [2.75, 3.05) is 0 Å². The molecular weight excluding hydrogens is 194 g/mol. The molecule has 74 valence electrons. The summed E-state index contributed by atoms with van der Waals surface area (Å²) in [5.41, 5.74) is 1.68. The van der Waals surface area contributed by atoms with Crippen LogP contribution in [0.5, 0.6) is 5.75 Å². The summed E-state index contributed by atoms with van der Waals surface area (Å²) in [5.74, 6) is 0.335. The van der Waals surface area contributed by atoms with E-state index in [2.05, 4.69) is 29.3 Å². The third-order valence-electron chi connectivity index (χ3n) is 2.04. The van der Waals surface area contributed by atoms with Crippen molar-refractivity contribution in [3.8, 4) is 5.75 Å². The lowest BCUT2D eigenvalue weighted by Crippen LogP contribution is -1.85. The Labute approximate surface area is 89.3 Å². The maximum atomic E-state index is 9.54. The number of aromatic hydroxyl groups is 1. The first kappa shape index (κ1) is 10.9. The highest BCUT2D eigenvalue weighted by Gasteiger charge is 2.01. The number of phenolic OH excluding ortho intramolecular Hbond substituents is 1. The largest absolute Gasteiger partial charge is 0.508 e. The predicted molar refractivity (Wildman–Crippen MR) is 61.4 cm³/mol. The number of aliphatic imine (C=N–C) groups is 1. The number of benzene rings is 1. The van der Waals surface area contributed by atoms with E-state index in [9.17, 15) is 5.11 Å². The van der Waals surface area contributed by atoms with Crippen molar-refractivity contribution < 1.29 is 5.11 Å². The molecule has 0 unspecified atom stereocenters. The standard InChI is InChI=1S/C11H13NOS/c1-2-3-4-9-7-10(12-8-14)5-6-11(9)13/h5-7,13H,2-4H2,1H3. The Morgan fingerprint density at radius 3 is 2.93 bits per heavy atom. The van der Waals surface area contributed by atoms with Crippen LogP contribution in [0.4, 0.5) is 5.69 Å². The second kappa shape index (κ2) is 5.53. The van der Waals surface area contributed by atoms with E-state index in [-0.39, 0.29) is 0 Å². The lowest BCUT2D eigenvalue weighted by atomic mass is 10.1. The van der Waals surface area contributed by atoms with E-state index < -0.39 is 0 Å². The second-order valence-corrected chi connectivity index (χ2v) is 3.30. The summed E-state index contributed by atoms with van der Waals surface area (Å²) in [7, 11) is 0. The fourth-order valence-corrected chi connectivity index (χ4v) is 1.37. The van der Waals surface area contributed by atoms with Crippen molar-refractivity contribution in [1.29, 1.82) is 0 Å². The van der Waals surface area contributed by atoms with E-state index in [1.54, 1.807) is 12.1 Å². The predicted octanol–water partition coefficient (Wildman–Crippen LogP) is 3.47. The molecule has 0 atom stereocenters. The van der Waals surface area contributed by atoms with Gasteiger partial charge in [0.1, 0.15) is 5.75 Å². The van der Waals surface area contributed by atoms with Gasteiger partial charge in [-0.05, 0) is 48.8 Å². The highest BCUT2D eigenvalue weighted by molar-refractivity contribution is 7.78. The summed E-state index contributed by atoms with van der Waals surface area (Å²) in [4.78, 5) is 3.87. The first-order valence-corrected chi connectivity index (χ1v) is 5.08. The number of rotatable bonds is 4. The van der Waals surface area contributed by atoms with Gasteiger partial charge in [0.25, 0.3) is 0 Å². The van der Waals surface area contributed by atoms with Crippen LogP contribution in [0.15, 0.2) is 23.2 Å². The molecule has 0 radical (unpaired) electrons. The van der Waals surface area contributed by atoms with E-state index in [1.165, 1.54) is 0 Å². The molecule has 0 saturated heterocycles. The van der Waals surface area contributed by atoms with Crippen LogP contribution in [-0.4, -0.2) is 10.3 Å². The number of hydrogen-bond donors (Lipinski definition) is 1. The van der Waals surface area contributed by atoms with Crippen LogP contribution in [0, 0.1) is 0 Å². The highest BCUT2D eigenvalue weighted by atomic mass is 32.1. The number of thiocarbonyl (C=S) groups is 1. The fourth-order valence-electron chi connectivity index (χ4n) is 1.26. The molecule has 2 nitrogen and oxygen atoms in total. The summed E-state index contributed by atoms with van der Waals surface area (Å²) in [5, 5.41) is 11.9. The van der Waals surface area contributed by atoms with Crippen LogP contribution >= 0.6 is 12.2 Å². The summed E-state index contributed by atoms with van der Waals surface area (Å²) in [6, 6.07) is 5.23. The van der Waals surface area contributed by atoms with Gasteiger partial charge in [0, 0.05) is 0 Å². The average Bonchev–Trinajstić information content (AvgIpc) is 2.19. The Bertz CT molecular complexity index is 356. The number of unbranched alkanes of at least 4 members (excludes halogenated alkanes) is 1. The fraction of sp³-hybridized carbons (Fsp3) is 0.364. The maximum absolute atomic E-state index is 9.54. The van der Waals surface area contributed by atoms with Gasteiger partial charge < -0.3 is 5.11 Å². The Hall–Kier alpha value is -1.18. The Kier molecular flexibility index (Phi) is 4.30. The van der Waals surface area contributed by atoms with Gasteiger partial charge >= 0.3 is 0 Å². The molecule has 1 aromatic rings. The molecule has 1 aromatic carbocycles. The lowest BCUT2D eigenvalue weighted by molar-refractivity contribution is 0.467. The van der Waals surface area contributed by atoms with Crippen molar-refractivity contribution in [3.63, 3.8) is 0 Å². The monoisotopic (exact) mass is 207 g/mol. The number of hydrogen-bond acceptors (Lipinski definition) is 3. The average molecular weight is 207 g/mol. The first-order valence-electron chi connectivity index (χ1n) is 4.67. The van der Waals surface area contributed by atoms with Gasteiger partial charge in [0.2, 0.25) is 0 Å².